The van der Waals surface area contributed by atoms with Gasteiger partial charge in [-0.15, -0.1) is 0 Å². The van der Waals surface area contributed by atoms with Crippen LogP contribution >= 0.6 is 0 Å². The lowest BCUT2D eigenvalue weighted by Gasteiger charge is -2.40. The summed E-state index contributed by atoms with van der Waals surface area (Å²) in [5.74, 6) is -5.33. The van der Waals surface area contributed by atoms with Crippen molar-refractivity contribution in [2.24, 2.45) is 0 Å². The van der Waals surface area contributed by atoms with Gasteiger partial charge in [-0.25, -0.2) is 31.8 Å². The van der Waals surface area contributed by atoms with Gasteiger partial charge in [0.1, 0.15) is 16.7 Å². The van der Waals surface area contributed by atoms with Crippen molar-refractivity contribution in [3.05, 3.63) is 71.6 Å². The second-order valence-corrected chi connectivity index (χ2v) is 11.1. The van der Waals surface area contributed by atoms with E-state index in [2.05, 4.69) is 15.1 Å². The summed E-state index contributed by atoms with van der Waals surface area (Å²) in [6.07, 6.45) is -1.19. The Labute approximate surface area is 219 Å². The van der Waals surface area contributed by atoms with E-state index in [-0.39, 0.29) is 48.7 Å². The molecular formula is C24H21F5N6O3S. The number of sulfonamides is 1. The van der Waals surface area contributed by atoms with Crippen molar-refractivity contribution >= 4 is 27.0 Å². The Morgan fingerprint density at radius 1 is 1.08 bits per heavy atom. The van der Waals surface area contributed by atoms with E-state index >= 15 is 0 Å². The fraction of sp³-hybridized carbons (Fsp3) is 0.292. The average molecular weight is 569 g/mol. The van der Waals surface area contributed by atoms with Crippen molar-refractivity contribution in [3.63, 3.8) is 0 Å². The molecule has 5 rings (SSSR count). The van der Waals surface area contributed by atoms with Crippen molar-refractivity contribution in [1.29, 1.82) is 0 Å². The number of phenolic OH excluding ortho intramolecular Hbond substituents is 1. The molecule has 0 aliphatic carbocycles. The standard InChI is InChI=1S/C24H21F5N6O3S/c1-39(37,38)33-7-8-34(15(13-33)9-14-5-3-2-4-6-14)23-30-12-19-17(32-23)11-31-35(19)18-10-16(24(27,28)29)20(25)22(36)21(18)26/h2-6,10-12,15,36H,7-9,13H2,1H3/t15-/m1/s1. The van der Waals surface area contributed by atoms with Crippen molar-refractivity contribution < 1.29 is 35.5 Å². The highest BCUT2D eigenvalue weighted by atomic mass is 32.2. The number of phenols is 1. The van der Waals surface area contributed by atoms with Gasteiger partial charge in [-0.3, -0.25) is 0 Å². The van der Waals surface area contributed by atoms with Gasteiger partial charge in [0.25, 0.3) is 0 Å². The molecule has 1 N–H and O–H groups in total. The van der Waals surface area contributed by atoms with Gasteiger partial charge in [0.05, 0.1) is 24.2 Å². The van der Waals surface area contributed by atoms with Crippen LogP contribution in [0.4, 0.5) is 27.9 Å². The second kappa shape index (κ2) is 9.72. The van der Waals surface area contributed by atoms with E-state index in [1.54, 1.807) is 0 Å². The monoisotopic (exact) mass is 568 g/mol. The zero-order chi connectivity index (χ0) is 28.1. The summed E-state index contributed by atoms with van der Waals surface area (Å²) < 4.78 is 95.0. The quantitative estimate of drug-likeness (QED) is 0.368. The molecular weight excluding hydrogens is 547 g/mol. The topological polar surface area (TPSA) is 104 Å². The number of hydrogen-bond donors (Lipinski definition) is 1. The van der Waals surface area contributed by atoms with Crippen LogP contribution in [0.3, 0.4) is 0 Å². The molecule has 0 unspecified atom stereocenters. The van der Waals surface area contributed by atoms with Crippen LogP contribution in [-0.2, 0) is 22.6 Å². The fourth-order valence-electron chi connectivity index (χ4n) is 4.56. The van der Waals surface area contributed by atoms with Gasteiger partial charge in [0.2, 0.25) is 16.0 Å². The summed E-state index contributed by atoms with van der Waals surface area (Å²) >= 11 is 0. The highest BCUT2D eigenvalue weighted by Gasteiger charge is 2.38. The Morgan fingerprint density at radius 3 is 2.46 bits per heavy atom. The second-order valence-electron chi connectivity index (χ2n) is 9.07. The molecule has 0 bridgehead atoms. The number of hydrogen-bond acceptors (Lipinski definition) is 7. The van der Waals surface area contributed by atoms with E-state index in [9.17, 15) is 35.5 Å². The lowest BCUT2D eigenvalue weighted by atomic mass is 10.0. The molecule has 39 heavy (non-hydrogen) atoms. The Balaban J connectivity index is 1.53. The van der Waals surface area contributed by atoms with Crippen LogP contribution in [0.5, 0.6) is 5.75 Å². The molecule has 1 atom stereocenters. The number of rotatable bonds is 5. The maximum absolute atomic E-state index is 14.7. The summed E-state index contributed by atoms with van der Waals surface area (Å²) in [4.78, 5) is 10.6. The van der Waals surface area contributed by atoms with Gasteiger partial charge in [-0.05, 0) is 18.1 Å². The predicted octanol–water partition coefficient (Wildman–Crippen LogP) is 3.51. The van der Waals surface area contributed by atoms with Crippen molar-refractivity contribution in [2.45, 2.75) is 18.6 Å². The van der Waals surface area contributed by atoms with E-state index in [1.165, 1.54) is 16.7 Å². The van der Waals surface area contributed by atoms with Gasteiger partial charge in [0.15, 0.2) is 17.4 Å². The van der Waals surface area contributed by atoms with Crippen LogP contribution in [-0.4, -0.2) is 69.5 Å². The molecule has 0 spiro atoms. The molecule has 1 aliphatic heterocycles. The molecule has 2 aromatic heterocycles. The zero-order valence-corrected chi connectivity index (χ0v) is 21.1. The van der Waals surface area contributed by atoms with E-state index in [0.29, 0.717) is 6.42 Å². The van der Waals surface area contributed by atoms with E-state index in [4.69, 9.17) is 0 Å². The SMILES string of the molecule is CS(=O)(=O)N1CCN(c2ncc3c(cnn3-c3cc(C(F)(F)F)c(F)c(O)c3F)n2)[C@H](Cc2ccccc2)C1. The first kappa shape index (κ1) is 26.7. The van der Waals surface area contributed by atoms with Crippen LogP contribution in [0.2, 0.25) is 0 Å². The Hall–Kier alpha value is -3.85. The number of halogens is 5. The lowest BCUT2D eigenvalue weighted by molar-refractivity contribution is -0.140. The summed E-state index contributed by atoms with van der Waals surface area (Å²) in [5.41, 5.74) is -1.59. The largest absolute Gasteiger partial charge is 0.503 e. The number of benzene rings is 2. The fourth-order valence-corrected chi connectivity index (χ4v) is 5.42. The third-order valence-electron chi connectivity index (χ3n) is 6.49. The first-order chi connectivity index (χ1) is 18.3. The number of alkyl halides is 3. The van der Waals surface area contributed by atoms with Crippen LogP contribution in [0.25, 0.3) is 16.7 Å². The molecule has 4 aromatic rings. The molecule has 0 amide bonds. The first-order valence-corrected chi connectivity index (χ1v) is 13.4. The normalized spacial score (nSPS) is 17.2. The van der Waals surface area contributed by atoms with E-state index in [1.807, 2.05) is 35.2 Å². The molecule has 0 radical (unpaired) electrons. The van der Waals surface area contributed by atoms with Gasteiger partial charge < -0.3 is 10.0 Å². The van der Waals surface area contributed by atoms with Gasteiger partial charge in [-0.1, -0.05) is 30.3 Å². The van der Waals surface area contributed by atoms with Crippen molar-refractivity contribution in [1.82, 2.24) is 24.1 Å². The summed E-state index contributed by atoms with van der Waals surface area (Å²) in [7, 11) is -3.45. The third kappa shape index (κ3) is 5.11. The van der Waals surface area contributed by atoms with Gasteiger partial charge >= 0.3 is 6.18 Å². The van der Waals surface area contributed by atoms with Crippen molar-refractivity contribution in [2.75, 3.05) is 30.8 Å². The average Bonchev–Trinajstić information content (AvgIpc) is 3.30. The Bertz CT molecular complexity index is 1650. The minimum atomic E-state index is -5.20. The van der Waals surface area contributed by atoms with E-state index in [0.717, 1.165) is 16.5 Å². The number of fused-ring (bicyclic) bond motifs is 1. The number of nitrogens with zero attached hydrogens (tertiary/aromatic N) is 6. The van der Waals surface area contributed by atoms with E-state index < -0.39 is 44.8 Å². The molecule has 1 aliphatic rings. The molecule has 1 saturated heterocycles. The molecule has 0 saturated carbocycles. The first-order valence-electron chi connectivity index (χ1n) is 11.6. The summed E-state index contributed by atoms with van der Waals surface area (Å²) in [6.45, 7) is 0.624. The van der Waals surface area contributed by atoms with Crippen LogP contribution in [0.15, 0.2) is 48.8 Å². The van der Waals surface area contributed by atoms with Crippen LogP contribution in [0.1, 0.15) is 11.1 Å². The third-order valence-corrected chi connectivity index (χ3v) is 7.76. The lowest BCUT2D eigenvalue weighted by Crippen LogP contribution is -2.56. The molecule has 9 nitrogen and oxygen atoms in total. The number of aromatic nitrogens is 4. The van der Waals surface area contributed by atoms with Gasteiger partial charge in [-0.2, -0.15) is 22.6 Å². The van der Waals surface area contributed by atoms with Crippen LogP contribution < -0.4 is 4.90 Å². The van der Waals surface area contributed by atoms with Crippen molar-refractivity contribution in [3.8, 4) is 11.4 Å². The van der Waals surface area contributed by atoms with Gasteiger partial charge in [0, 0.05) is 25.7 Å². The Morgan fingerprint density at radius 2 is 1.79 bits per heavy atom. The maximum atomic E-state index is 14.7. The number of piperazine rings is 1. The predicted molar refractivity (Wildman–Crippen MR) is 131 cm³/mol. The molecule has 3 heterocycles. The summed E-state index contributed by atoms with van der Waals surface area (Å²) in [5, 5.41) is 13.6. The highest BCUT2D eigenvalue weighted by molar-refractivity contribution is 7.88. The Kier molecular flexibility index (Phi) is 6.66. The molecule has 15 heteroatoms. The number of aromatic hydroxyl groups is 1. The molecule has 1 fully saturated rings. The molecule has 2 aromatic carbocycles. The minimum absolute atomic E-state index is 0.00571. The van der Waals surface area contributed by atoms with Crippen LogP contribution in [0, 0.1) is 11.6 Å². The minimum Gasteiger partial charge on any atom is -0.503 e. The number of anilines is 1. The summed E-state index contributed by atoms with van der Waals surface area (Å²) in [6, 6.07) is 9.28. The smallest absolute Gasteiger partial charge is 0.419 e. The maximum Gasteiger partial charge on any atom is 0.419 e. The molecule has 206 valence electrons. The zero-order valence-electron chi connectivity index (χ0n) is 20.3. The highest BCUT2D eigenvalue weighted by Crippen LogP contribution is 2.39.